The van der Waals surface area contributed by atoms with E-state index in [1.807, 2.05) is 12.1 Å². The van der Waals surface area contributed by atoms with Crippen LogP contribution in [0.15, 0.2) is 29.2 Å². The normalized spacial score (nSPS) is 30.2. The van der Waals surface area contributed by atoms with Crippen LogP contribution in [0.2, 0.25) is 0 Å². The number of hydrogen-bond donors (Lipinski definition) is 1. The quantitative estimate of drug-likeness (QED) is 0.915. The van der Waals surface area contributed by atoms with Gasteiger partial charge in [-0.1, -0.05) is 18.2 Å². The van der Waals surface area contributed by atoms with Gasteiger partial charge in [-0.25, -0.2) is 8.42 Å². The third kappa shape index (κ3) is 2.42. The maximum atomic E-state index is 12.1. The predicted octanol–water partition coefficient (Wildman–Crippen LogP) is 1.67. The second kappa shape index (κ2) is 4.89. The van der Waals surface area contributed by atoms with E-state index < -0.39 is 9.84 Å². The first-order chi connectivity index (χ1) is 9.08. The number of ether oxygens (including phenoxy) is 1. The van der Waals surface area contributed by atoms with Gasteiger partial charge in [0.05, 0.1) is 16.8 Å². The lowest BCUT2D eigenvalue weighted by Gasteiger charge is -2.24. The Morgan fingerprint density at radius 3 is 2.89 bits per heavy atom. The van der Waals surface area contributed by atoms with Gasteiger partial charge in [-0.2, -0.15) is 0 Å². The highest BCUT2D eigenvalue weighted by Gasteiger charge is 2.36. The molecule has 19 heavy (non-hydrogen) atoms. The SMILES string of the molecule is CC(NC1CS(=O)(=O)c2ccccc21)C1CCCO1. The molecule has 1 aromatic rings. The summed E-state index contributed by atoms with van der Waals surface area (Å²) in [5.41, 5.74) is 0.896. The third-order valence-corrected chi connectivity index (χ3v) is 5.82. The van der Waals surface area contributed by atoms with Crippen LogP contribution in [0, 0.1) is 0 Å². The van der Waals surface area contributed by atoms with Crippen molar-refractivity contribution < 1.29 is 13.2 Å². The summed E-state index contributed by atoms with van der Waals surface area (Å²) in [6, 6.07) is 7.34. The van der Waals surface area contributed by atoms with Crippen molar-refractivity contribution in [3.05, 3.63) is 29.8 Å². The molecule has 1 saturated heterocycles. The molecule has 4 nitrogen and oxygen atoms in total. The zero-order valence-electron chi connectivity index (χ0n) is 11.0. The zero-order chi connectivity index (χ0) is 13.5. The molecule has 0 saturated carbocycles. The summed E-state index contributed by atoms with van der Waals surface area (Å²) in [5, 5.41) is 3.43. The molecule has 104 valence electrons. The van der Waals surface area contributed by atoms with Crippen molar-refractivity contribution in [2.75, 3.05) is 12.4 Å². The summed E-state index contributed by atoms with van der Waals surface area (Å²) in [4.78, 5) is 0.479. The molecule has 2 aliphatic rings. The van der Waals surface area contributed by atoms with Gasteiger partial charge in [-0.3, -0.25) is 0 Å². The summed E-state index contributed by atoms with van der Waals surface area (Å²) >= 11 is 0. The first-order valence-electron chi connectivity index (χ1n) is 6.77. The molecule has 5 heteroatoms. The molecule has 3 unspecified atom stereocenters. The van der Waals surface area contributed by atoms with Crippen molar-refractivity contribution >= 4 is 9.84 Å². The van der Waals surface area contributed by atoms with Gasteiger partial charge >= 0.3 is 0 Å². The van der Waals surface area contributed by atoms with E-state index in [0.29, 0.717) is 4.90 Å². The van der Waals surface area contributed by atoms with E-state index in [1.165, 1.54) is 0 Å². The smallest absolute Gasteiger partial charge is 0.180 e. The van der Waals surface area contributed by atoms with Crippen LogP contribution in [0.1, 0.15) is 31.4 Å². The molecule has 0 bridgehead atoms. The molecule has 3 atom stereocenters. The monoisotopic (exact) mass is 281 g/mol. The number of rotatable bonds is 3. The van der Waals surface area contributed by atoms with E-state index >= 15 is 0 Å². The Bertz CT molecular complexity index is 564. The van der Waals surface area contributed by atoms with Gasteiger partial charge in [-0.05, 0) is 31.4 Å². The van der Waals surface area contributed by atoms with Crippen molar-refractivity contribution in [2.45, 2.75) is 42.8 Å². The number of fused-ring (bicyclic) bond motifs is 1. The van der Waals surface area contributed by atoms with Crippen LogP contribution in [0.4, 0.5) is 0 Å². The Labute approximate surface area is 114 Å². The molecule has 0 radical (unpaired) electrons. The lowest BCUT2D eigenvalue weighted by Crippen LogP contribution is -2.39. The zero-order valence-corrected chi connectivity index (χ0v) is 11.8. The Morgan fingerprint density at radius 2 is 2.16 bits per heavy atom. The van der Waals surface area contributed by atoms with Crippen molar-refractivity contribution in [3.63, 3.8) is 0 Å². The summed E-state index contributed by atoms with van der Waals surface area (Å²) in [7, 11) is -3.13. The van der Waals surface area contributed by atoms with Gasteiger partial charge in [0, 0.05) is 18.7 Å². The molecule has 0 spiro atoms. The Balaban J connectivity index is 1.80. The summed E-state index contributed by atoms with van der Waals surface area (Å²) in [6.07, 6.45) is 2.35. The molecule has 2 heterocycles. The van der Waals surface area contributed by atoms with Gasteiger partial charge in [-0.15, -0.1) is 0 Å². The Kier molecular flexibility index (Phi) is 3.37. The molecule has 1 N–H and O–H groups in total. The van der Waals surface area contributed by atoms with Crippen LogP contribution >= 0.6 is 0 Å². The van der Waals surface area contributed by atoms with Crippen LogP contribution < -0.4 is 5.32 Å². The summed E-state index contributed by atoms with van der Waals surface area (Å²) in [6.45, 7) is 2.89. The number of nitrogens with one attached hydrogen (secondary N) is 1. The molecular weight excluding hydrogens is 262 g/mol. The topological polar surface area (TPSA) is 55.4 Å². The van der Waals surface area contributed by atoms with E-state index in [4.69, 9.17) is 4.74 Å². The van der Waals surface area contributed by atoms with Gasteiger partial charge in [0.25, 0.3) is 0 Å². The largest absolute Gasteiger partial charge is 0.377 e. The van der Waals surface area contributed by atoms with Crippen molar-refractivity contribution in [3.8, 4) is 0 Å². The van der Waals surface area contributed by atoms with Gasteiger partial charge in [0.1, 0.15) is 0 Å². The standard InChI is InChI=1S/C14H19NO3S/c1-10(13-6-4-8-18-13)15-12-9-19(16,17)14-7-3-2-5-11(12)14/h2-3,5,7,10,12-13,15H,4,6,8-9H2,1H3. The van der Waals surface area contributed by atoms with Crippen LogP contribution in [0.5, 0.6) is 0 Å². The maximum Gasteiger partial charge on any atom is 0.180 e. The van der Waals surface area contributed by atoms with Crippen LogP contribution in [-0.4, -0.2) is 32.9 Å². The Morgan fingerprint density at radius 1 is 1.37 bits per heavy atom. The highest BCUT2D eigenvalue weighted by molar-refractivity contribution is 7.91. The average Bonchev–Trinajstić information content (AvgIpc) is 2.98. The third-order valence-electron chi connectivity index (χ3n) is 4.00. The maximum absolute atomic E-state index is 12.1. The molecule has 1 aromatic carbocycles. The molecular formula is C14H19NO3S. The molecule has 0 aromatic heterocycles. The van der Waals surface area contributed by atoms with E-state index in [0.717, 1.165) is 25.0 Å². The summed E-state index contributed by atoms with van der Waals surface area (Å²) < 4.78 is 29.8. The Hall–Kier alpha value is -0.910. The second-order valence-corrected chi connectivity index (χ2v) is 7.38. The highest BCUT2D eigenvalue weighted by Crippen LogP contribution is 2.33. The number of sulfone groups is 1. The van der Waals surface area contributed by atoms with Gasteiger partial charge in [0.2, 0.25) is 0 Å². The predicted molar refractivity (Wildman–Crippen MR) is 72.8 cm³/mol. The molecule has 3 rings (SSSR count). The van der Waals surface area contributed by atoms with E-state index in [-0.39, 0.29) is 23.9 Å². The minimum atomic E-state index is -3.13. The van der Waals surface area contributed by atoms with Crippen molar-refractivity contribution in [1.29, 1.82) is 0 Å². The summed E-state index contributed by atoms with van der Waals surface area (Å²) in [5.74, 6) is 0.156. The first-order valence-corrected chi connectivity index (χ1v) is 8.42. The fourth-order valence-corrected chi connectivity index (χ4v) is 4.76. The minimum Gasteiger partial charge on any atom is -0.377 e. The lowest BCUT2D eigenvalue weighted by molar-refractivity contribution is 0.0806. The van der Waals surface area contributed by atoms with Crippen LogP contribution in [0.3, 0.4) is 0 Å². The second-order valence-electron chi connectivity index (χ2n) is 5.38. The molecule has 0 aliphatic carbocycles. The van der Waals surface area contributed by atoms with Crippen molar-refractivity contribution in [1.82, 2.24) is 5.32 Å². The number of benzene rings is 1. The van der Waals surface area contributed by atoms with Gasteiger partial charge in [0.15, 0.2) is 9.84 Å². The van der Waals surface area contributed by atoms with E-state index in [2.05, 4.69) is 12.2 Å². The van der Waals surface area contributed by atoms with Gasteiger partial charge < -0.3 is 10.1 Å². The fourth-order valence-electron chi connectivity index (χ4n) is 3.01. The van der Waals surface area contributed by atoms with E-state index in [9.17, 15) is 8.42 Å². The molecule has 2 aliphatic heterocycles. The van der Waals surface area contributed by atoms with Crippen LogP contribution in [-0.2, 0) is 14.6 Å². The fraction of sp³-hybridized carbons (Fsp3) is 0.571. The van der Waals surface area contributed by atoms with Crippen molar-refractivity contribution in [2.24, 2.45) is 0 Å². The first kappa shape index (κ1) is 13.1. The minimum absolute atomic E-state index is 0.111. The lowest BCUT2D eigenvalue weighted by atomic mass is 10.0. The molecule has 1 fully saturated rings. The average molecular weight is 281 g/mol. The van der Waals surface area contributed by atoms with Crippen LogP contribution in [0.25, 0.3) is 0 Å². The molecule has 0 amide bonds. The number of hydrogen-bond acceptors (Lipinski definition) is 4. The van der Waals surface area contributed by atoms with E-state index in [1.54, 1.807) is 12.1 Å². The highest BCUT2D eigenvalue weighted by atomic mass is 32.2.